The van der Waals surface area contributed by atoms with Crippen molar-refractivity contribution in [2.45, 2.75) is 12.8 Å². The minimum Gasteiger partial charge on any atom is -0.344 e. The molecule has 0 radical (unpaired) electrons. The Morgan fingerprint density at radius 3 is 2.72 bits per heavy atom. The first-order chi connectivity index (χ1) is 15.5. The molecule has 6 heteroatoms. The molecule has 2 amide bonds. The van der Waals surface area contributed by atoms with E-state index in [1.807, 2.05) is 42.5 Å². The fraction of sp³-hybridized carbons (Fsp3) is 0.269. The summed E-state index contributed by atoms with van der Waals surface area (Å²) in [6.45, 7) is 1.36. The quantitative estimate of drug-likeness (QED) is 0.620. The van der Waals surface area contributed by atoms with Crippen molar-refractivity contribution in [1.82, 2.24) is 14.8 Å². The van der Waals surface area contributed by atoms with Crippen molar-refractivity contribution in [3.63, 3.8) is 0 Å². The molecule has 1 saturated heterocycles. The van der Waals surface area contributed by atoms with Crippen LogP contribution in [0.5, 0.6) is 0 Å². The average Bonchev–Trinajstić information content (AvgIpc) is 2.94. The molecule has 0 N–H and O–H groups in total. The number of carbonyl (C=O) groups excluding carboxylic acids is 2. The van der Waals surface area contributed by atoms with Gasteiger partial charge in [-0.3, -0.25) is 14.6 Å². The van der Waals surface area contributed by atoms with Crippen LogP contribution >= 0.6 is 0 Å². The Bertz CT molecular complexity index is 1100. The smallest absolute Gasteiger partial charge is 0.227 e. The van der Waals surface area contributed by atoms with Gasteiger partial charge in [0.15, 0.2) is 0 Å². The Labute approximate surface area is 187 Å². The molecule has 4 rings (SSSR count). The van der Waals surface area contributed by atoms with E-state index in [2.05, 4.69) is 4.98 Å². The highest BCUT2D eigenvalue weighted by atomic mass is 19.1. The molecular weight excluding hydrogens is 405 g/mol. The summed E-state index contributed by atoms with van der Waals surface area (Å²) in [6.07, 6.45) is 4.12. The van der Waals surface area contributed by atoms with Crippen molar-refractivity contribution in [3.8, 4) is 11.1 Å². The van der Waals surface area contributed by atoms with Crippen LogP contribution in [0.3, 0.4) is 0 Å². The minimum absolute atomic E-state index is 0.00971. The Kier molecular flexibility index (Phi) is 6.59. The van der Waals surface area contributed by atoms with Gasteiger partial charge in [-0.15, -0.1) is 0 Å². The van der Waals surface area contributed by atoms with Gasteiger partial charge in [-0.05, 0) is 46.9 Å². The van der Waals surface area contributed by atoms with Crippen LogP contribution in [0.1, 0.15) is 11.1 Å². The minimum atomic E-state index is -0.366. The highest BCUT2D eigenvalue weighted by Crippen LogP contribution is 2.27. The molecular formula is C26H26FN3O2. The van der Waals surface area contributed by atoms with Gasteiger partial charge in [0.25, 0.3) is 0 Å². The summed E-state index contributed by atoms with van der Waals surface area (Å²) in [7, 11) is 1.78. The number of amides is 2. The predicted octanol–water partition coefficient (Wildman–Crippen LogP) is 3.59. The molecule has 1 aliphatic heterocycles. The molecule has 2 heterocycles. The van der Waals surface area contributed by atoms with Crippen molar-refractivity contribution >= 4 is 11.8 Å². The normalized spacial score (nSPS) is 16.7. The molecule has 164 valence electrons. The summed E-state index contributed by atoms with van der Waals surface area (Å²) in [6, 6.07) is 17.9. The van der Waals surface area contributed by atoms with E-state index in [4.69, 9.17) is 0 Å². The fourth-order valence-corrected chi connectivity index (χ4v) is 4.20. The molecule has 0 saturated carbocycles. The number of benzene rings is 2. The lowest BCUT2D eigenvalue weighted by Crippen LogP contribution is -2.38. The zero-order chi connectivity index (χ0) is 22.5. The van der Waals surface area contributed by atoms with Gasteiger partial charge >= 0.3 is 0 Å². The first-order valence-corrected chi connectivity index (χ1v) is 10.8. The fourth-order valence-electron chi connectivity index (χ4n) is 4.20. The number of likely N-dealkylation sites (N-methyl/N-ethyl adjacent to an activating group) is 1. The summed E-state index contributed by atoms with van der Waals surface area (Å²) in [5, 5.41) is 0. The van der Waals surface area contributed by atoms with Crippen molar-refractivity contribution < 1.29 is 14.0 Å². The molecule has 0 unspecified atom stereocenters. The SMILES string of the molecule is CN1CCN(C(=O)Cc2cccnc2)C[C@H](Cc2ccccc2-c2cccc(F)c2)C1=O. The van der Waals surface area contributed by atoms with E-state index in [0.717, 1.165) is 22.3 Å². The number of hydrogen-bond donors (Lipinski definition) is 0. The molecule has 1 aliphatic rings. The second-order valence-electron chi connectivity index (χ2n) is 8.21. The van der Waals surface area contributed by atoms with Gasteiger partial charge in [-0.2, -0.15) is 0 Å². The van der Waals surface area contributed by atoms with E-state index < -0.39 is 0 Å². The monoisotopic (exact) mass is 431 g/mol. The number of halogens is 1. The van der Waals surface area contributed by atoms with Gasteiger partial charge in [0.2, 0.25) is 11.8 Å². The molecule has 0 bridgehead atoms. The van der Waals surface area contributed by atoms with Crippen molar-refractivity contribution in [1.29, 1.82) is 0 Å². The van der Waals surface area contributed by atoms with Gasteiger partial charge in [-0.1, -0.05) is 42.5 Å². The number of rotatable bonds is 5. The van der Waals surface area contributed by atoms with Crippen LogP contribution in [0.4, 0.5) is 4.39 Å². The number of aromatic nitrogens is 1. The molecule has 5 nitrogen and oxygen atoms in total. The third-order valence-electron chi connectivity index (χ3n) is 5.92. The summed E-state index contributed by atoms with van der Waals surface area (Å²) < 4.78 is 13.8. The number of nitrogens with zero attached hydrogens (tertiary/aromatic N) is 3. The maximum Gasteiger partial charge on any atom is 0.227 e. The molecule has 0 aliphatic carbocycles. The standard InChI is InChI=1S/C26H26FN3O2/c1-29-12-13-30(25(31)14-19-6-5-11-28-17-19)18-22(26(29)32)15-20-7-2-3-10-24(20)21-8-4-9-23(27)16-21/h2-11,16-17,22H,12-15,18H2,1H3/t22-/m0/s1. The van der Waals surface area contributed by atoms with Crippen LogP contribution in [0.25, 0.3) is 11.1 Å². The van der Waals surface area contributed by atoms with Crippen molar-refractivity contribution in [2.24, 2.45) is 5.92 Å². The largest absolute Gasteiger partial charge is 0.344 e. The van der Waals surface area contributed by atoms with Gasteiger partial charge in [0.05, 0.1) is 12.3 Å². The van der Waals surface area contributed by atoms with Gasteiger partial charge in [0.1, 0.15) is 5.82 Å². The first-order valence-electron chi connectivity index (χ1n) is 10.8. The lowest BCUT2D eigenvalue weighted by Gasteiger charge is -2.24. The maximum absolute atomic E-state index is 13.8. The van der Waals surface area contributed by atoms with Crippen molar-refractivity contribution in [3.05, 3.63) is 90.0 Å². The summed E-state index contributed by atoms with van der Waals surface area (Å²) >= 11 is 0. The molecule has 1 fully saturated rings. The van der Waals surface area contributed by atoms with Crippen LogP contribution in [-0.4, -0.2) is 53.3 Å². The third-order valence-corrected chi connectivity index (χ3v) is 5.92. The van der Waals surface area contributed by atoms with E-state index in [-0.39, 0.29) is 30.0 Å². The summed E-state index contributed by atoms with van der Waals surface area (Å²) in [5.41, 5.74) is 3.50. The van der Waals surface area contributed by atoms with E-state index in [1.165, 1.54) is 12.1 Å². The highest BCUT2D eigenvalue weighted by Gasteiger charge is 2.31. The van der Waals surface area contributed by atoms with E-state index in [9.17, 15) is 14.0 Å². The van der Waals surface area contributed by atoms with E-state index >= 15 is 0 Å². The first kappa shape index (κ1) is 21.7. The Morgan fingerprint density at radius 2 is 1.94 bits per heavy atom. The van der Waals surface area contributed by atoms with E-state index in [0.29, 0.717) is 26.1 Å². The molecule has 1 aromatic heterocycles. The number of carbonyl (C=O) groups is 2. The van der Waals surface area contributed by atoms with Crippen LogP contribution in [-0.2, 0) is 22.4 Å². The molecule has 1 atom stereocenters. The molecule has 3 aromatic rings. The topological polar surface area (TPSA) is 53.5 Å². The summed E-state index contributed by atoms with van der Waals surface area (Å²) in [4.78, 5) is 33.6. The van der Waals surface area contributed by atoms with Crippen LogP contribution < -0.4 is 0 Å². The summed E-state index contributed by atoms with van der Waals surface area (Å²) in [5.74, 6) is -0.648. The number of hydrogen-bond acceptors (Lipinski definition) is 3. The Hall–Kier alpha value is -3.54. The second kappa shape index (κ2) is 9.73. The molecule has 32 heavy (non-hydrogen) atoms. The highest BCUT2D eigenvalue weighted by molar-refractivity contribution is 5.83. The van der Waals surface area contributed by atoms with Crippen LogP contribution in [0, 0.1) is 11.7 Å². The Morgan fingerprint density at radius 1 is 1.09 bits per heavy atom. The average molecular weight is 432 g/mol. The lowest BCUT2D eigenvalue weighted by atomic mass is 9.91. The Balaban J connectivity index is 1.57. The van der Waals surface area contributed by atoms with Gasteiger partial charge in [0, 0.05) is 39.1 Å². The van der Waals surface area contributed by atoms with Crippen molar-refractivity contribution in [2.75, 3.05) is 26.7 Å². The lowest BCUT2D eigenvalue weighted by molar-refractivity contribution is -0.133. The zero-order valence-corrected chi connectivity index (χ0v) is 18.1. The molecule has 0 spiro atoms. The number of pyridine rings is 1. The van der Waals surface area contributed by atoms with Crippen LogP contribution in [0.2, 0.25) is 0 Å². The maximum atomic E-state index is 13.8. The molecule has 2 aromatic carbocycles. The predicted molar refractivity (Wildman–Crippen MR) is 121 cm³/mol. The van der Waals surface area contributed by atoms with Gasteiger partial charge < -0.3 is 9.80 Å². The zero-order valence-electron chi connectivity index (χ0n) is 18.1. The third kappa shape index (κ3) is 5.02. The van der Waals surface area contributed by atoms with Gasteiger partial charge in [-0.25, -0.2) is 4.39 Å². The second-order valence-corrected chi connectivity index (χ2v) is 8.21. The van der Waals surface area contributed by atoms with Crippen LogP contribution in [0.15, 0.2) is 73.1 Å². The van der Waals surface area contributed by atoms with E-state index in [1.54, 1.807) is 35.3 Å².